The van der Waals surface area contributed by atoms with Crippen molar-refractivity contribution < 1.29 is 15.0 Å². The maximum Gasteiger partial charge on any atom is 0.309 e. The Morgan fingerprint density at radius 2 is 1.78 bits per heavy atom. The highest BCUT2D eigenvalue weighted by molar-refractivity contribution is 5.71. The smallest absolute Gasteiger partial charge is 0.309 e. The second-order valence-corrected chi connectivity index (χ2v) is 6.15. The van der Waals surface area contributed by atoms with E-state index in [4.69, 9.17) is 0 Å². The van der Waals surface area contributed by atoms with E-state index < -0.39 is 17.5 Å². The van der Waals surface area contributed by atoms with Crippen molar-refractivity contribution in [2.45, 2.75) is 58.6 Å². The van der Waals surface area contributed by atoms with Crippen molar-refractivity contribution in [1.29, 1.82) is 0 Å². The molecule has 1 aliphatic rings. The molecule has 1 fully saturated rings. The fourth-order valence-corrected chi connectivity index (χ4v) is 3.13. The Labute approximate surface area is 110 Å². The minimum atomic E-state index is -1.05. The van der Waals surface area contributed by atoms with Crippen LogP contribution in [0, 0.1) is 11.8 Å². The van der Waals surface area contributed by atoms with E-state index in [0.29, 0.717) is 18.9 Å². The van der Waals surface area contributed by atoms with Crippen LogP contribution in [0.5, 0.6) is 0 Å². The fraction of sp³-hybridized carbons (Fsp3) is 0.929. The summed E-state index contributed by atoms with van der Waals surface area (Å²) in [4.78, 5) is 13.7. The van der Waals surface area contributed by atoms with E-state index in [-0.39, 0.29) is 5.92 Å². The molecule has 0 saturated carbocycles. The second kappa shape index (κ2) is 6.02. The van der Waals surface area contributed by atoms with E-state index in [0.717, 1.165) is 19.5 Å². The number of carbonyl (C=O) groups is 1. The van der Waals surface area contributed by atoms with Gasteiger partial charge in [0.05, 0.1) is 11.5 Å². The van der Waals surface area contributed by atoms with Crippen LogP contribution >= 0.6 is 0 Å². The number of hydrogen-bond donors (Lipinski definition) is 2. The molecule has 4 heteroatoms. The SMILES string of the molecule is CC(C)C(C(=O)O)C1(O)CCCN(C(C)C)CC1. The zero-order valence-corrected chi connectivity index (χ0v) is 12.0. The number of rotatable bonds is 4. The van der Waals surface area contributed by atoms with Gasteiger partial charge in [-0.15, -0.1) is 0 Å². The number of carboxylic acid groups (broad SMARTS) is 1. The van der Waals surface area contributed by atoms with Crippen LogP contribution in [0.2, 0.25) is 0 Å². The summed E-state index contributed by atoms with van der Waals surface area (Å²) in [5, 5.41) is 20.1. The normalized spacial score (nSPS) is 28.4. The first-order valence-electron chi connectivity index (χ1n) is 6.97. The molecule has 1 heterocycles. The Morgan fingerprint density at radius 1 is 1.17 bits per heavy atom. The lowest BCUT2D eigenvalue weighted by atomic mass is 9.75. The van der Waals surface area contributed by atoms with Gasteiger partial charge in [0, 0.05) is 12.6 Å². The molecule has 0 spiro atoms. The Hall–Kier alpha value is -0.610. The van der Waals surface area contributed by atoms with Gasteiger partial charge >= 0.3 is 5.97 Å². The molecule has 18 heavy (non-hydrogen) atoms. The largest absolute Gasteiger partial charge is 0.481 e. The lowest BCUT2D eigenvalue weighted by Crippen LogP contribution is -2.46. The van der Waals surface area contributed by atoms with Gasteiger partial charge in [-0.2, -0.15) is 0 Å². The first kappa shape index (κ1) is 15.4. The van der Waals surface area contributed by atoms with Gasteiger partial charge in [0.15, 0.2) is 0 Å². The number of aliphatic carboxylic acids is 1. The summed E-state index contributed by atoms with van der Waals surface area (Å²) < 4.78 is 0. The summed E-state index contributed by atoms with van der Waals surface area (Å²) in [6.45, 7) is 9.77. The summed E-state index contributed by atoms with van der Waals surface area (Å²) in [5.41, 5.74) is -1.05. The summed E-state index contributed by atoms with van der Waals surface area (Å²) in [7, 11) is 0. The Bertz CT molecular complexity index is 291. The first-order chi connectivity index (χ1) is 8.28. The quantitative estimate of drug-likeness (QED) is 0.808. The van der Waals surface area contributed by atoms with E-state index >= 15 is 0 Å². The van der Waals surface area contributed by atoms with E-state index in [9.17, 15) is 15.0 Å². The molecule has 2 unspecified atom stereocenters. The molecular weight excluding hydrogens is 230 g/mol. The van der Waals surface area contributed by atoms with Gasteiger partial charge in [-0.3, -0.25) is 4.79 Å². The van der Waals surface area contributed by atoms with Crippen LogP contribution in [0.4, 0.5) is 0 Å². The van der Waals surface area contributed by atoms with Crippen LogP contribution in [-0.2, 0) is 4.79 Å². The van der Waals surface area contributed by atoms with Crippen LogP contribution in [0.3, 0.4) is 0 Å². The Morgan fingerprint density at radius 3 is 2.22 bits per heavy atom. The molecule has 1 rings (SSSR count). The van der Waals surface area contributed by atoms with Crippen molar-refractivity contribution in [2.24, 2.45) is 11.8 Å². The predicted molar refractivity (Wildman–Crippen MR) is 71.5 cm³/mol. The van der Waals surface area contributed by atoms with Crippen LogP contribution in [0.25, 0.3) is 0 Å². The van der Waals surface area contributed by atoms with Crippen molar-refractivity contribution in [3.63, 3.8) is 0 Å². The lowest BCUT2D eigenvalue weighted by Gasteiger charge is -2.35. The van der Waals surface area contributed by atoms with Gasteiger partial charge in [-0.05, 0) is 45.6 Å². The van der Waals surface area contributed by atoms with Crippen molar-refractivity contribution in [2.75, 3.05) is 13.1 Å². The summed E-state index contributed by atoms with van der Waals surface area (Å²) >= 11 is 0. The number of carboxylic acids is 1. The highest BCUT2D eigenvalue weighted by atomic mass is 16.4. The molecule has 106 valence electrons. The molecule has 2 N–H and O–H groups in total. The third kappa shape index (κ3) is 3.45. The number of hydrogen-bond acceptors (Lipinski definition) is 3. The maximum atomic E-state index is 11.4. The van der Waals surface area contributed by atoms with Crippen LogP contribution < -0.4 is 0 Å². The molecule has 4 nitrogen and oxygen atoms in total. The number of aliphatic hydroxyl groups is 1. The maximum absolute atomic E-state index is 11.4. The monoisotopic (exact) mass is 257 g/mol. The van der Waals surface area contributed by atoms with Gasteiger partial charge in [0.25, 0.3) is 0 Å². The molecule has 1 saturated heterocycles. The Kier molecular flexibility index (Phi) is 5.17. The van der Waals surface area contributed by atoms with Gasteiger partial charge in [-0.1, -0.05) is 13.8 Å². The van der Waals surface area contributed by atoms with Gasteiger partial charge in [0.2, 0.25) is 0 Å². The summed E-state index contributed by atoms with van der Waals surface area (Å²) in [5.74, 6) is -1.58. The molecule has 0 aromatic carbocycles. The van der Waals surface area contributed by atoms with E-state index in [1.165, 1.54) is 0 Å². The average molecular weight is 257 g/mol. The van der Waals surface area contributed by atoms with E-state index in [1.54, 1.807) is 0 Å². The van der Waals surface area contributed by atoms with E-state index in [2.05, 4.69) is 18.7 Å². The van der Waals surface area contributed by atoms with E-state index in [1.807, 2.05) is 13.8 Å². The Balaban J connectivity index is 2.82. The molecule has 1 aliphatic heterocycles. The number of likely N-dealkylation sites (tertiary alicyclic amines) is 1. The lowest BCUT2D eigenvalue weighted by molar-refractivity contribution is -0.156. The van der Waals surface area contributed by atoms with Gasteiger partial charge in [-0.25, -0.2) is 0 Å². The van der Waals surface area contributed by atoms with Crippen molar-refractivity contribution in [1.82, 2.24) is 4.90 Å². The molecule has 0 aliphatic carbocycles. The molecule has 0 bridgehead atoms. The molecule has 0 aromatic rings. The number of nitrogens with zero attached hydrogens (tertiary/aromatic N) is 1. The first-order valence-corrected chi connectivity index (χ1v) is 6.97. The van der Waals surface area contributed by atoms with Crippen molar-refractivity contribution in [3.05, 3.63) is 0 Å². The molecule has 0 radical (unpaired) electrons. The highest BCUT2D eigenvalue weighted by Gasteiger charge is 2.44. The minimum absolute atomic E-state index is 0.0434. The third-order valence-corrected chi connectivity index (χ3v) is 4.13. The van der Waals surface area contributed by atoms with Gasteiger partial charge in [0.1, 0.15) is 0 Å². The fourth-order valence-electron chi connectivity index (χ4n) is 3.13. The van der Waals surface area contributed by atoms with Crippen molar-refractivity contribution in [3.8, 4) is 0 Å². The molecule has 2 atom stereocenters. The standard InChI is InChI=1S/C14H27NO3/c1-10(2)12(13(16)17)14(18)6-5-8-15(9-7-14)11(3)4/h10-12,18H,5-9H2,1-4H3,(H,16,17). The molecule has 0 aromatic heterocycles. The zero-order chi connectivity index (χ0) is 13.9. The molecular formula is C14H27NO3. The van der Waals surface area contributed by atoms with Gasteiger partial charge < -0.3 is 15.1 Å². The summed E-state index contributed by atoms with van der Waals surface area (Å²) in [6.07, 6.45) is 2.01. The highest BCUT2D eigenvalue weighted by Crippen LogP contribution is 2.35. The zero-order valence-electron chi connectivity index (χ0n) is 12.0. The summed E-state index contributed by atoms with van der Waals surface area (Å²) in [6, 6.07) is 0.453. The predicted octanol–water partition coefficient (Wildman–Crippen LogP) is 1.97. The third-order valence-electron chi connectivity index (χ3n) is 4.13. The van der Waals surface area contributed by atoms with Crippen LogP contribution in [0.1, 0.15) is 47.0 Å². The van der Waals surface area contributed by atoms with Crippen LogP contribution in [0.15, 0.2) is 0 Å². The average Bonchev–Trinajstić information content (AvgIpc) is 2.39. The molecule has 0 amide bonds. The topological polar surface area (TPSA) is 60.8 Å². The van der Waals surface area contributed by atoms with Crippen LogP contribution in [-0.4, -0.2) is 45.8 Å². The second-order valence-electron chi connectivity index (χ2n) is 6.15. The van der Waals surface area contributed by atoms with Crippen molar-refractivity contribution >= 4 is 5.97 Å². The minimum Gasteiger partial charge on any atom is -0.481 e.